The summed E-state index contributed by atoms with van der Waals surface area (Å²) < 4.78 is 25.4. The number of carbonyl (C=O) groups excluding carboxylic acids is 1. The Balaban J connectivity index is 1.61. The Morgan fingerprint density at radius 3 is 2.74 bits per heavy atom. The number of hydrogen-bond donors (Lipinski definition) is 0. The molecule has 1 fully saturated rings. The van der Waals surface area contributed by atoms with Crippen molar-refractivity contribution in [3.63, 3.8) is 0 Å². The molecule has 3 heterocycles. The lowest BCUT2D eigenvalue weighted by Gasteiger charge is -2.30. The molecule has 0 aromatic carbocycles. The number of imidazole rings is 1. The van der Waals surface area contributed by atoms with Crippen LogP contribution in [-0.2, 0) is 27.7 Å². The molecule has 0 aliphatic carbocycles. The van der Waals surface area contributed by atoms with Crippen molar-refractivity contribution in [1.29, 1.82) is 0 Å². The van der Waals surface area contributed by atoms with E-state index in [4.69, 9.17) is 0 Å². The van der Waals surface area contributed by atoms with Gasteiger partial charge in [-0.3, -0.25) is 9.69 Å². The molecule has 0 spiro atoms. The van der Waals surface area contributed by atoms with Crippen molar-refractivity contribution in [2.24, 2.45) is 0 Å². The van der Waals surface area contributed by atoms with Crippen LogP contribution in [0.1, 0.15) is 23.6 Å². The summed E-state index contributed by atoms with van der Waals surface area (Å²) >= 11 is 0. The van der Waals surface area contributed by atoms with Crippen molar-refractivity contribution in [3.05, 3.63) is 17.2 Å². The molecule has 1 amide bonds. The summed E-state index contributed by atoms with van der Waals surface area (Å²) in [5.41, 5.74) is 2.24. The van der Waals surface area contributed by atoms with Crippen LogP contribution in [0.2, 0.25) is 0 Å². The van der Waals surface area contributed by atoms with Crippen LogP contribution in [0.3, 0.4) is 0 Å². The lowest BCUT2D eigenvalue weighted by Crippen LogP contribution is -2.45. The van der Waals surface area contributed by atoms with E-state index in [2.05, 4.69) is 21.4 Å². The number of amides is 1. The van der Waals surface area contributed by atoms with Crippen molar-refractivity contribution in [2.75, 3.05) is 31.6 Å². The number of nitrogens with zero attached hydrogens (tertiary/aromatic N) is 4. The number of fused-ring (bicyclic) bond motifs is 1. The molecule has 1 atom stereocenters. The lowest BCUT2D eigenvalue weighted by molar-refractivity contribution is -0.133. The maximum atomic E-state index is 12.5. The van der Waals surface area contributed by atoms with Crippen LogP contribution < -0.4 is 0 Å². The molecular formula is C15H24N4O3S. The predicted molar refractivity (Wildman–Crippen MR) is 86.8 cm³/mol. The van der Waals surface area contributed by atoms with Crippen molar-refractivity contribution < 1.29 is 13.2 Å². The quantitative estimate of drug-likeness (QED) is 0.772. The number of carbonyl (C=O) groups is 1. The standard InChI is InChI=1S/C15H24N4O3S/c1-11-12(2)19-6-5-18(8-14(19)16-11)9-15(20)17(3)13-4-7-23(21,22)10-13/h13H,4-10H2,1-3H3/t13-/m0/s1. The molecule has 1 aromatic rings. The zero-order valence-electron chi connectivity index (χ0n) is 13.9. The van der Waals surface area contributed by atoms with Gasteiger partial charge in [0.1, 0.15) is 5.82 Å². The maximum absolute atomic E-state index is 12.5. The van der Waals surface area contributed by atoms with Gasteiger partial charge in [-0.25, -0.2) is 13.4 Å². The van der Waals surface area contributed by atoms with Crippen LogP contribution in [0.15, 0.2) is 0 Å². The number of likely N-dealkylation sites (N-methyl/N-ethyl adjacent to an activating group) is 1. The van der Waals surface area contributed by atoms with Crippen molar-refractivity contribution in [1.82, 2.24) is 19.4 Å². The van der Waals surface area contributed by atoms with Crippen LogP contribution >= 0.6 is 0 Å². The van der Waals surface area contributed by atoms with Crippen molar-refractivity contribution in [2.45, 2.75) is 39.4 Å². The SMILES string of the molecule is Cc1nc2n(c1C)CCN(CC(=O)N(C)[C@H]1CCS(=O)(=O)C1)C2. The summed E-state index contributed by atoms with van der Waals surface area (Å²) in [4.78, 5) is 20.7. The van der Waals surface area contributed by atoms with Crippen LogP contribution in [0.4, 0.5) is 0 Å². The lowest BCUT2D eigenvalue weighted by atomic mass is 10.2. The predicted octanol–water partition coefficient (Wildman–Crippen LogP) is -0.0390. The molecule has 8 heteroatoms. The van der Waals surface area contributed by atoms with E-state index in [1.54, 1.807) is 11.9 Å². The van der Waals surface area contributed by atoms with Gasteiger partial charge in [0, 0.05) is 31.9 Å². The third kappa shape index (κ3) is 3.28. The number of aryl methyl sites for hydroxylation is 1. The Labute approximate surface area is 137 Å². The van der Waals surface area contributed by atoms with Gasteiger partial charge >= 0.3 is 0 Å². The minimum absolute atomic E-state index is 0.0134. The third-order valence-corrected chi connectivity index (χ3v) is 6.80. The zero-order chi connectivity index (χ0) is 16.8. The molecule has 2 aliphatic heterocycles. The van der Waals surface area contributed by atoms with Gasteiger partial charge in [0.15, 0.2) is 9.84 Å². The highest BCUT2D eigenvalue weighted by Crippen LogP contribution is 2.19. The van der Waals surface area contributed by atoms with Gasteiger partial charge in [-0.1, -0.05) is 0 Å². The molecule has 1 saturated heterocycles. The minimum atomic E-state index is -2.97. The van der Waals surface area contributed by atoms with Gasteiger partial charge in [-0.15, -0.1) is 0 Å². The fraction of sp³-hybridized carbons (Fsp3) is 0.733. The summed E-state index contributed by atoms with van der Waals surface area (Å²) in [6.07, 6.45) is 0.549. The smallest absolute Gasteiger partial charge is 0.236 e. The first-order chi connectivity index (χ1) is 10.8. The van der Waals surface area contributed by atoms with Crippen molar-refractivity contribution in [3.8, 4) is 0 Å². The highest BCUT2D eigenvalue weighted by Gasteiger charge is 2.33. The van der Waals surface area contributed by atoms with E-state index in [0.717, 1.165) is 24.6 Å². The van der Waals surface area contributed by atoms with Gasteiger partial charge in [-0.05, 0) is 20.3 Å². The van der Waals surface area contributed by atoms with E-state index < -0.39 is 9.84 Å². The van der Waals surface area contributed by atoms with Gasteiger partial charge in [0.2, 0.25) is 5.91 Å². The summed E-state index contributed by atoms with van der Waals surface area (Å²) in [5, 5.41) is 0. The van der Waals surface area contributed by atoms with Crippen LogP contribution in [0, 0.1) is 13.8 Å². The molecule has 23 heavy (non-hydrogen) atoms. The maximum Gasteiger partial charge on any atom is 0.236 e. The Morgan fingerprint density at radius 2 is 2.09 bits per heavy atom. The number of rotatable bonds is 3. The van der Waals surface area contributed by atoms with Crippen LogP contribution in [0.25, 0.3) is 0 Å². The number of sulfone groups is 1. The minimum Gasteiger partial charge on any atom is -0.341 e. The van der Waals surface area contributed by atoms with E-state index in [1.165, 1.54) is 5.69 Å². The molecule has 1 aromatic heterocycles. The Morgan fingerprint density at radius 1 is 1.35 bits per heavy atom. The van der Waals surface area contributed by atoms with Gasteiger partial charge in [0.05, 0.1) is 30.3 Å². The summed E-state index contributed by atoms with van der Waals surface area (Å²) in [5.74, 6) is 1.28. The molecule has 128 valence electrons. The largest absolute Gasteiger partial charge is 0.341 e. The second-order valence-corrected chi connectivity index (χ2v) is 8.85. The average Bonchev–Trinajstić information content (AvgIpc) is 2.98. The van der Waals surface area contributed by atoms with Crippen LogP contribution in [0.5, 0.6) is 0 Å². The monoisotopic (exact) mass is 340 g/mol. The number of hydrogen-bond acceptors (Lipinski definition) is 5. The Bertz CT molecular complexity index is 725. The highest BCUT2D eigenvalue weighted by molar-refractivity contribution is 7.91. The molecule has 0 radical (unpaired) electrons. The first-order valence-electron chi connectivity index (χ1n) is 7.98. The van der Waals surface area contributed by atoms with Gasteiger partial charge < -0.3 is 9.47 Å². The van der Waals surface area contributed by atoms with Gasteiger partial charge in [0.25, 0.3) is 0 Å². The first kappa shape index (κ1) is 16.4. The second-order valence-electron chi connectivity index (χ2n) is 6.62. The molecule has 3 rings (SSSR count). The molecular weight excluding hydrogens is 316 g/mol. The third-order valence-electron chi connectivity index (χ3n) is 5.05. The fourth-order valence-electron chi connectivity index (χ4n) is 3.38. The zero-order valence-corrected chi connectivity index (χ0v) is 14.8. The normalized spacial score (nSPS) is 23.7. The van der Waals surface area contributed by atoms with Crippen molar-refractivity contribution >= 4 is 15.7 Å². The van der Waals surface area contributed by atoms with E-state index in [-0.39, 0.29) is 23.5 Å². The van der Waals surface area contributed by atoms with E-state index in [9.17, 15) is 13.2 Å². The average molecular weight is 340 g/mol. The Hall–Kier alpha value is -1.41. The molecule has 0 unspecified atom stereocenters. The number of aromatic nitrogens is 2. The summed E-state index contributed by atoms with van der Waals surface area (Å²) in [7, 11) is -1.25. The Kier molecular flexibility index (Phi) is 4.22. The molecule has 0 bridgehead atoms. The first-order valence-corrected chi connectivity index (χ1v) is 9.80. The van der Waals surface area contributed by atoms with E-state index in [0.29, 0.717) is 19.5 Å². The summed E-state index contributed by atoms with van der Waals surface area (Å²) in [6.45, 7) is 6.71. The molecule has 0 N–H and O–H groups in total. The molecule has 2 aliphatic rings. The highest BCUT2D eigenvalue weighted by atomic mass is 32.2. The molecule has 0 saturated carbocycles. The topological polar surface area (TPSA) is 75.5 Å². The fourth-order valence-corrected chi connectivity index (χ4v) is 5.16. The second kappa shape index (κ2) is 5.90. The van der Waals surface area contributed by atoms with Gasteiger partial charge in [-0.2, -0.15) is 0 Å². The summed E-state index contributed by atoms with van der Waals surface area (Å²) in [6, 6.07) is -0.177. The molecule has 7 nitrogen and oxygen atoms in total. The van der Waals surface area contributed by atoms with E-state index >= 15 is 0 Å². The van der Waals surface area contributed by atoms with Crippen LogP contribution in [-0.4, -0.2) is 71.4 Å². The van der Waals surface area contributed by atoms with E-state index in [1.807, 2.05) is 6.92 Å².